The molecule has 2 amide bonds. The van der Waals surface area contributed by atoms with Crippen LogP contribution in [-0.2, 0) is 9.84 Å². The molecular weight excluding hydrogens is 382 g/mol. The summed E-state index contributed by atoms with van der Waals surface area (Å²) in [5.74, 6) is -0.220. The lowest BCUT2D eigenvalue weighted by Crippen LogP contribution is -2.38. The van der Waals surface area contributed by atoms with Crippen molar-refractivity contribution < 1.29 is 18.1 Å². The normalized spacial score (nSPS) is 23.1. The summed E-state index contributed by atoms with van der Waals surface area (Å²) in [5.41, 5.74) is 3.00. The highest BCUT2D eigenvalue weighted by Crippen LogP contribution is 2.39. The number of hydrogen-bond donors (Lipinski definition) is 0. The minimum Gasteiger partial charge on any atom is -0.288 e. The second kappa shape index (κ2) is 6.30. The summed E-state index contributed by atoms with van der Waals surface area (Å²) in [7, 11) is -3.30. The molecule has 2 saturated heterocycles. The average molecular weight is 401 g/mol. The van der Waals surface area contributed by atoms with Gasteiger partial charge in [0.2, 0.25) is 0 Å². The minimum absolute atomic E-state index is 0.0858. The first-order chi connectivity index (χ1) is 13.2. The quantitative estimate of drug-likeness (QED) is 0.447. The lowest BCUT2D eigenvalue weighted by atomic mass is 10.1. The monoisotopic (exact) mass is 401 g/mol. The van der Waals surface area contributed by atoms with Crippen LogP contribution < -0.4 is 9.80 Å². The third kappa shape index (κ3) is 2.82. The number of non-ortho nitro benzene ring substituents is 1. The number of carbonyl (C=O) groups is 1. The maximum absolute atomic E-state index is 13.3. The van der Waals surface area contributed by atoms with E-state index in [1.807, 2.05) is 32.0 Å². The smallest absolute Gasteiger partial charge is 0.288 e. The predicted molar refractivity (Wildman–Crippen MR) is 106 cm³/mol. The van der Waals surface area contributed by atoms with Crippen LogP contribution in [0.5, 0.6) is 0 Å². The summed E-state index contributed by atoms with van der Waals surface area (Å²) in [4.78, 5) is 26.8. The van der Waals surface area contributed by atoms with Gasteiger partial charge in [-0.3, -0.25) is 19.9 Å². The van der Waals surface area contributed by atoms with Crippen molar-refractivity contribution in [3.63, 3.8) is 0 Å². The molecule has 0 saturated carbocycles. The number of urea groups is 1. The van der Waals surface area contributed by atoms with Gasteiger partial charge in [0.1, 0.15) is 0 Å². The number of carbonyl (C=O) groups excluding carboxylic acids is 1. The molecule has 0 aliphatic carbocycles. The lowest BCUT2D eigenvalue weighted by molar-refractivity contribution is -0.384. The Morgan fingerprint density at radius 2 is 1.61 bits per heavy atom. The maximum atomic E-state index is 13.3. The third-order valence-corrected chi connectivity index (χ3v) is 7.24. The molecule has 2 aromatic rings. The Balaban J connectivity index is 1.81. The highest BCUT2D eigenvalue weighted by Gasteiger charge is 2.54. The Morgan fingerprint density at radius 1 is 1.00 bits per heavy atom. The number of aryl methyl sites for hydroxylation is 1. The number of nitrogens with zero attached hydrogens (tertiary/aromatic N) is 3. The Bertz CT molecular complexity index is 1080. The Labute approximate surface area is 162 Å². The summed E-state index contributed by atoms with van der Waals surface area (Å²) in [6.45, 7) is 3.85. The van der Waals surface area contributed by atoms with E-state index in [2.05, 4.69) is 0 Å². The molecular formula is C19H19N3O5S. The molecule has 4 rings (SSSR count). The van der Waals surface area contributed by atoms with Crippen LogP contribution in [0.15, 0.2) is 42.5 Å². The van der Waals surface area contributed by atoms with Crippen LogP contribution in [0.4, 0.5) is 21.9 Å². The van der Waals surface area contributed by atoms with E-state index in [4.69, 9.17) is 0 Å². The van der Waals surface area contributed by atoms with Crippen LogP contribution in [-0.4, -0.2) is 43.0 Å². The van der Waals surface area contributed by atoms with Gasteiger partial charge in [0.25, 0.3) is 5.69 Å². The van der Waals surface area contributed by atoms with Crippen molar-refractivity contribution in [2.75, 3.05) is 21.3 Å². The Kier molecular flexibility index (Phi) is 4.15. The Morgan fingerprint density at radius 3 is 2.21 bits per heavy atom. The number of fused-ring (bicyclic) bond motifs is 1. The van der Waals surface area contributed by atoms with E-state index in [-0.39, 0.29) is 23.2 Å². The molecule has 2 aromatic carbocycles. The van der Waals surface area contributed by atoms with Crippen LogP contribution in [0.1, 0.15) is 11.1 Å². The van der Waals surface area contributed by atoms with Crippen molar-refractivity contribution >= 4 is 32.9 Å². The predicted octanol–water partition coefficient (Wildman–Crippen LogP) is 2.82. The molecule has 146 valence electrons. The van der Waals surface area contributed by atoms with Crippen molar-refractivity contribution in [1.82, 2.24) is 0 Å². The molecule has 2 atom stereocenters. The third-order valence-electron chi connectivity index (χ3n) is 5.54. The van der Waals surface area contributed by atoms with Gasteiger partial charge in [0, 0.05) is 23.5 Å². The van der Waals surface area contributed by atoms with Crippen LogP contribution in [0.3, 0.4) is 0 Å². The van der Waals surface area contributed by atoms with E-state index < -0.39 is 26.8 Å². The zero-order valence-electron chi connectivity index (χ0n) is 15.4. The zero-order valence-corrected chi connectivity index (χ0v) is 16.2. The molecule has 2 heterocycles. The number of amides is 2. The standard InChI is InChI=1S/C19H19N3O5S/c1-12-4-3-5-16(13(12)2)21-18-11-28(26,27)10-17(18)20(19(21)23)14-6-8-15(9-7-14)22(24)25/h3-9,17-18H,10-11H2,1-2H3/t17-,18+/m1/s1. The van der Waals surface area contributed by atoms with Crippen LogP contribution in [0, 0.1) is 24.0 Å². The second-order valence-electron chi connectivity index (χ2n) is 7.23. The molecule has 2 fully saturated rings. The van der Waals surface area contributed by atoms with Gasteiger partial charge in [-0.2, -0.15) is 0 Å². The van der Waals surface area contributed by atoms with Gasteiger partial charge in [-0.05, 0) is 43.2 Å². The molecule has 0 aromatic heterocycles. The van der Waals surface area contributed by atoms with E-state index in [9.17, 15) is 23.3 Å². The topological polar surface area (TPSA) is 101 Å². The second-order valence-corrected chi connectivity index (χ2v) is 9.38. The summed E-state index contributed by atoms with van der Waals surface area (Å²) < 4.78 is 24.7. The minimum atomic E-state index is -3.30. The molecule has 9 heteroatoms. The van der Waals surface area contributed by atoms with Gasteiger partial charge in [0.15, 0.2) is 9.84 Å². The van der Waals surface area contributed by atoms with Gasteiger partial charge in [-0.15, -0.1) is 0 Å². The molecule has 8 nitrogen and oxygen atoms in total. The largest absolute Gasteiger partial charge is 0.329 e. The van der Waals surface area contributed by atoms with E-state index in [0.29, 0.717) is 11.4 Å². The van der Waals surface area contributed by atoms with Crippen LogP contribution >= 0.6 is 0 Å². The number of benzene rings is 2. The van der Waals surface area contributed by atoms with E-state index in [1.165, 1.54) is 29.2 Å². The summed E-state index contributed by atoms with van der Waals surface area (Å²) in [6, 6.07) is 9.90. The fraction of sp³-hybridized carbons (Fsp3) is 0.316. The lowest BCUT2D eigenvalue weighted by Gasteiger charge is -2.24. The number of sulfone groups is 1. The molecule has 0 unspecified atom stereocenters. The summed E-state index contributed by atoms with van der Waals surface area (Å²) in [5, 5.41) is 10.9. The zero-order chi connectivity index (χ0) is 20.2. The first-order valence-electron chi connectivity index (χ1n) is 8.83. The highest BCUT2D eigenvalue weighted by molar-refractivity contribution is 7.91. The first-order valence-corrected chi connectivity index (χ1v) is 10.7. The molecule has 0 spiro atoms. The number of nitro groups is 1. The molecule has 28 heavy (non-hydrogen) atoms. The molecule has 2 aliphatic rings. The van der Waals surface area contributed by atoms with Gasteiger partial charge < -0.3 is 0 Å². The van der Waals surface area contributed by atoms with Crippen molar-refractivity contribution in [1.29, 1.82) is 0 Å². The van der Waals surface area contributed by atoms with Gasteiger partial charge in [0.05, 0.1) is 28.5 Å². The highest BCUT2D eigenvalue weighted by atomic mass is 32.2. The van der Waals surface area contributed by atoms with Crippen LogP contribution in [0.25, 0.3) is 0 Å². The van der Waals surface area contributed by atoms with Gasteiger partial charge >= 0.3 is 6.03 Å². The SMILES string of the molecule is Cc1cccc(N2C(=O)N(c3ccc([N+](=O)[O-])cc3)[C@@H]3CS(=O)(=O)C[C@@H]32)c1C. The molecule has 0 N–H and O–H groups in total. The summed E-state index contributed by atoms with van der Waals surface area (Å²) in [6.07, 6.45) is 0. The fourth-order valence-electron chi connectivity index (χ4n) is 4.02. The van der Waals surface area contributed by atoms with Crippen molar-refractivity contribution in [3.05, 3.63) is 63.7 Å². The van der Waals surface area contributed by atoms with E-state index in [0.717, 1.165) is 11.1 Å². The first kappa shape index (κ1) is 18.4. The van der Waals surface area contributed by atoms with E-state index in [1.54, 1.807) is 4.90 Å². The van der Waals surface area contributed by atoms with Crippen molar-refractivity contribution in [2.24, 2.45) is 0 Å². The fourth-order valence-corrected chi connectivity index (χ4v) is 5.94. The number of rotatable bonds is 3. The molecule has 0 radical (unpaired) electrons. The number of nitro benzene ring substituents is 1. The number of anilines is 2. The summed E-state index contributed by atoms with van der Waals surface area (Å²) >= 11 is 0. The van der Waals surface area contributed by atoms with Gasteiger partial charge in [-0.25, -0.2) is 13.2 Å². The van der Waals surface area contributed by atoms with Crippen molar-refractivity contribution in [3.8, 4) is 0 Å². The van der Waals surface area contributed by atoms with Crippen molar-refractivity contribution in [2.45, 2.75) is 25.9 Å². The van der Waals surface area contributed by atoms with Crippen LogP contribution in [0.2, 0.25) is 0 Å². The average Bonchev–Trinajstić information content (AvgIpc) is 3.06. The molecule has 2 aliphatic heterocycles. The Hall–Kier alpha value is -2.94. The number of hydrogen-bond acceptors (Lipinski definition) is 5. The van der Waals surface area contributed by atoms with E-state index >= 15 is 0 Å². The molecule has 0 bridgehead atoms. The maximum Gasteiger partial charge on any atom is 0.329 e. The van der Waals surface area contributed by atoms with Gasteiger partial charge in [-0.1, -0.05) is 12.1 Å².